The molecule has 0 bridgehead atoms. The Kier molecular flexibility index (Phi) is 5.39. The number of rotatable bonds is 4. The second-order valence-electron chi connectivity index (χ2n) is 5.97. The molecule has 0 spiro atoms. The average Bonchev–Trinajstić information content (AvgIpc) is 2.60. The summed E-state index contributed by atoms with van der Waals surface area (Å²) in [4.78, 5) is 17.6. The molecule has 1 atom stereocenters. The molecule has 0 radical (unpaired) electrons. The fourth-order valence-corrected chi connectivity index (χ4v) is 3.68. The quantitative estimate of drug-likeness (QED) is 0.879. The van der Waals surface area contributed by atoms with Crippen molar-refractivity contribution in [3.63, 3.8) is 0 Å². The van der Waals surface area contributed by atoms with Gasteiger partial charge >= 0.3 is 5.97 Å². The number of aliphatic carboxylic acids is 1. The minimum atomic E-state index is -0.712. The summed E-state index contributed by atoms with van der Waals surface area (Å²) < 4.78 is 0. The van der Waals surface area contributed by atoms with Gasteiger partial charge in [-0.1, -0.05) is 35.3 Å². The molecule has 2 aromatic rings. The molecule has 3 rings (SSSR count). The lowest BCUT2D eigenvalue weighted by atomic mass is 9.91. The summed E-state index contributed by atoms with van der Waals surface area (Å²) in [5, 5.41) is 10.3. The molecule has 2 heterocycles. The number of aromatic nitrogens is 1. The molecule has 1 aliphatic heterocycles. The molecule has 1 aromatic heterocycles. The van der Waals surface area contributed by atoms with E-state index in [1.165, 1.54) is 0 Å². The van der Waals surface area contributed by atoms with Crippen molar-refractivity contribution < 1.29 is 9.90 Å². The van der Waals surface area contributed by atoms with Crippen LogP contribution in [0.2, 0.25) is 10.0 Å². The standard InChI is InChI=1S/C18H18Cl2N2O2/c19-15-3-1-2-14(16(15)20)17(12-4-8-21-9-5-12)22-10-6-13(7-11-22)18(23)24/h1-5,8-9,13,17H,6-7,10-11H2,(H,23,24). The molecule has 1 aromatic carbocycles. The highest BCUT2D eigenvalue weighted by Gasteiger charge is 2.31. The first-order valence-electron chi connectivity index (χ1n) is 7.88. The van der Waals surface area contributed by atoms with Crippen molar-refractivity contribution in [1.29, 1.82) is 0 Å². The number of piperidine rings is 1. The summed E-state index contributed by atoms with van der Waals surface area (Å²) in [5.41, 5.74) is 2.01. The van der Waals surface area contributed by atoms with Crippen LogP contribution in [0.3, 0.4) is 0 Å². The van der Waals surface area contributed by atoms with E-state index in [-0.39, 0.29) is 12.0 Å². The Morgan fingerprint density at radius 2 is 1.83 bits per heavy atom. The maximum Gasteiger partial charge on any atom is 0.306 e. The number of carboxylic acid groups (broad SMARTS) is 1. The van der Waals surface area contributed by atoms with E-state index in [2.05, 4.69) is 9.88 Å². The first kappa shape index (κ1) is 17.2. The second kappa shape index (κ2) is 7.51. The van der Waals surface area contributed by atoms with Crippen molar-refractivity contribution in [3.8, 4) is 0 Å². The number of pyridine rings is 1. The van der Waals surface area contributed by atoms with E-state index in [0.29, 0.717) is 36.0 Å². The zero-order valence-electron chi connectivity index (χ0n) is 13.0. The Bertz CT molecular complexity index is 716. The zero-order chi connectivity index (χ0) is 17.1. The van der Waals surface area contributed by atoms with E-state index in [9.17, 15) is 9.90 Å². The van der Waals surface area contributed by atoms with Gasteiger partial charge in [-0.15, -0.1) is 0 Å². The SMILES string of the molecule is O=C(O)C1CCN(C(c2ccncc2)c2cccc(Cl)c2Cl)CC1. The normalized spacial score (nSPS) is 17.6. The smallest absolute Gasteiger partial charge is 0.306 e. The molecule has 1 N–H and O–H groups in total. The number of likely N-dealkylation sites (tertiary alicyclic amines) is 1. The van der Waals surface area contributed by atoms with E-state index < -0.39 is 5.97 Å². The molecule has 1 unspecified atom stereocenters. The topological polar surface area (TPSA) is 53.4 Å². The third kappa shape index (κ3) is 3.56. The summed E-state index contributed by atoms with van der Waals surface area (Å²) in [5.74, 6) is -0.981. The molecule has 4 nitrogen and oxygen atoms in total. The van der Waals surface area contributed by atoms with Crippen LogP contribution in [-0.4, -0.2) is 34.0 Å². The largest absolute Gasteiger partial charge is 0.481 e. The summed E-state index contributed by atoms with van der Waals surface area (Å²) in [6.45, 7) is 1.40. The summed E-state index contributed by atoms with van der Waals surface area (Å²) >= 11 is 12.7. The Morgan fingerprint density at radius 1 is 1.17 bits per heavy atom. The minimum Gasteiger partial charge on any atom is -0.481 e. The maximum atomic E-state index is 11.2. The third-order valence-electron chi connectivity index (χ3n) is 4.54. The Balaban J connectivity index is 1.95. The number of carboxylic acids is 1. The molecule has 6 heteroatoms. The fraction of sp³-hybridized carbons (Fsp3) is 0.333. The molecule has 24 heavy (non-hydrogen) atoms. The highest BCUT2D eigenvalue weighted by atomic mass is 35.5. The minimum absolute atomic E-state index is 0.0612. The van der Waals surface area contributed by atoms with Crippen LogP contribution in [-0.2, 0) is 4.79 Å². The second-order valence-corrected chi connectivity index (χ2v) is 6.76. The van der Waals surface area contributed by atoms with E-state index in [1.807, 2.05) is 24.3 Å². The molecular formula is C18H18Cl2N2O2. The monoisotopic (exact) mass is 364 g/mol. The van der Waals surface area contributed by atoms with Crippen LogP contribution in [0.15, 0.2) is 42.7 Å². The number of nitrogens with zero attached hydrogens (tertiary/aromatic N) is 2. The van der Waals surface area contributed by atoms with Gasteiger partial charge in [-0.3, -0.25) is 14.7 Å². The molecule has 126 valence electrons. The van der Waals surface area contributed by atoms with E-state index >= 15 is 0 Å². The Labute approximate surface area is 151 Å². The Hall–Kier alpha value is -1.62. The molecule has 0 saturated carbocycles. The zero-order valence-corrected chi connectivity index (χ0v) is 14.5. The van der Waals surface area contributed by atoms with Crippen molar-refractivity contribution >= 4 is 29.2 Å². The van der Waals surface area contributed by atoms with Gasteiger partial charge in [0, 0.05) is 12.4 Å². The number of carbonyl (C=O) groups is 1. The van der Waals surface area contributed by atoms with Crippen LogP contribution in [0.4, 0.5) is 0 Å². The number of halogens is 2. The van der Waals surface area contributed by atoms with Crippen LogP contribution in [0, 0.1) is 5.92 Å². The van der Waals surface area contributed by atoms with Crippen LogP contribution >= 0.6 is 23.2 Å². The van der Waals surface area contributed by atoms with Crippen molar-refractivity contribution in [2.45, 2.75) is 18.9 Å². The molecule has 0 amide bonds. The molecule has 1 saturated heterocycles. The predicted octanol–water partition coefficient (Wildman–Crippen LogP) is 4.27. The maximum absolute atomic E-state index is 11.2. The van der Waals surface area contributed by atoms with Gasteiger partial charge in [0.25, 0.3) is 0 Å². The van der Waals surface area contributed by atoms with E-state index in [1.54, 1.807) is 18.5 Å². The Morgan fingerprint density at radius 3 is 2.46 bits per heavy atom. The average molecular weight is 365 g/mol. The van der Waals surface area contributed by atoms with Crippen LogP contribution in [0.25, 0.3) is 0 Å². The van der Waals surface area contributed by atoms with Gasteiger partial charge < -0.3 is 5.11 Å². The van der Waals surface area contributed by atoms with Crippen LogP contribution in [0.1, 0.15) is 30.0 Å². The van der Waals surface area contributed by atoms with Gasteiger partial charge in [0.05, 0.1) is 22.0 Å². The van der Waals surface area contributed by atoms with E-state index in [4.69, 9.17) is 23.2 Å². The first-order valence-corrected chi connectivity index (χ1v) is 8.64. The molecule has 1 aliphatic rings. The lowest BCUT2D eigenvalue weighted by Crippen LogP contribution is -2.39. The van der Waals surface area contributed by atoms with Gasteiger partial charge in [0.2, 0.25) is 0 Å². The van der Waals surface area contributed by atoms with Gasteiger partial charge in [-0.25, -0.2) is 0 Å². The number of hydrogen-bond acceptors (Lipinski definition) is 3. The van der Waals surface area contributed by atoms with Gasteiger partial charge in [-0.05, 0) is 55.3 Å². The summed E-state index contributed by atoms with van der Waals surface area (Å²) in [7, 11) is 0. The predicted molar refractivity (Wildman–Crippen MR) is 94.5 cm³/mol. The summed E-state index contributed by atoms with van der Waals surface area (Å²) in [6.07, 6.45) is 4.78. The first-order chi connectivity index (χ1) is 11.6. The molecule has 1 fully saturated rings. The number of hydrogen-bond donors (Lipinski definition) is 1. The van der Waals surface area contributed by atoms with Gasteiger partial charge in [0.15, 0.2) is 0 Å². The number of benzene rings is 1. The van der Waals surface area contributed by atoms with Crippen molar-refractivity contribution in [2.75, 3.05) is 13.1 Å². The molecule has 0 aliphatic carbocycles. The lowest BCUT2D eigenvalue weighted by molar-refractivity contribution is -0.143. The molecular weight excluding hydrogens is 347 g/mol. The van der Waals surface area contributed by atoms with Crippen molar-refractivity contribution in [3.05, 3.63) is 63.9 Å². The van der Waals surface area contributed by atoms with Crippen LogP contribution in [0.5, 0.6) is 0 Å². The fourth-order valence-electron chi connectivity index (χ4n) is 3.27. The van der Waals surface area contributed by atoms with Gasteiger partial charge in [0.1, 0.15) is 0 Å². The van der Waals surface area contributed by atoms with E-state index in [0.717, 1.165) is 11.1 Å². The third-order valence-corrected chi connectivity index (χ3v) is 5.38. The van der Waals surface area contributed by atoms with Crippen molar-refractivity contribution in [1.82, 2.24) is 9.88 Å². The highest BCUT2D eigenvalue weighted by Crippen LogP contribution is 2.38. The summed E-state index contributed by atoms with van der Waals surface area (Å²) in [6, 6.07) is 9.50. The lowest BCUT2D eigenvalue weighted by Gasteiger charge is -2.37. The van der Waals surface area contributed by atoms with Gasteiger partial charge in [-0.2, -0.15) is 0 Å². The van der Waals surface area contributed by atoms with Crippen LogP contribution < -0.4 is 0 Å². The van der Waals surface area contributed by atoms with Crippen molar-refractivity contribution in [2.24, 2.45) is 5.92 Å². The highest BCUT2D eigenvalue weighted by molar-refractivity contribution is 6.42.